The second kappa shape index (κ2) is 6.86. The van der Waals surface area contributed by atoms with Crippen molar-refractivity contribution in [3.8, 4) is 0 Å². The van der Waals surface area contributed by atoms with Crippen molar-refractivity contribution in [3.63, 3.8) is 0 Å². The quantitative estimate of drug-likeness (QED) is 0.864. The van der Waals surface area contributed by atoms with Gasteiger partial charge in [-0.1, -0.05) is 26.0 Å². The largest absolute Gasteiger partial charge is 0.366 e. The molecule has 2 amide bonds. The lowest BCUT2D eigenvalue weighted by Gasteiger charge is -2.24. The molecule has 0 radical (unpaired) electrons. The van der Waals surface area contributed by atoms with E-state index >= 15 is 0 Å². The zero-order chi connectivity index (χ0) is 18.9. The molecule has 1 aromatic heterocycles. The van der Waals surface area contributed by atoms with E-state index in [1.165, 1.54) is 0 Å². The van der Waals surface area contributed by atoms with Gasteiger partial charge >= 0.3 is 0 Å². The summed E-state index contributed by atoms with van der Waals surface area (Å²) in [6.07, 6.45) is 5.20. The van der Waals surface area contributed by atoms with Crippen LogP contribution in [0.4, 0.5) is 0 Å². The molecule has 1 heterocycles. The number of aromatic nitrogens is 2. The Labute approximate surface area is 153 Å². The van der Waals surface area contributed by atoms with Crippen LogP contribution in [0, 0.1) is 0 Å². The number of nitrogens with zero attached hydrogens (tertiary/aromatic N) is 3. The summed E-state index contributed by atoms with van der Waals surface area (Å²) in [4.78, 5) is 34.7. The van der Waals surface area contributed by atoms with Gasteiger partial charge in [0, 0.05) is 43.0 Å². The second-order valence-corrected chi connectivity index (χ2v) is 7.29. The number of rotatable bonds is 6. The SMILES string of the molecule is CC(C)c1ncc(CN(C)C(=O)C2(c3ccc(C(N)=O)cc3)CC2)cn1. The van der Waals surface area contributed by atoms with Crippen LogP contribution in [-0.2, 0) is 16.8 Å². The van der Waals surface area contributed by atoms with Gasteiger partial charge in [-0.15, -0.1) is 0 Å². The Morgan fingerprint density at radius 2 is 1.73 bits per heavy atom. The van der Waals surface area contributed by atoms with Gasteiger partial charge in [-0.3, -0.25) is 9.59 Å². The molecule has 0 unspecified atom stereocenters. The second-order valence-electron chi connectivity index (χ2n) is 7.29. The number of primary amides is 1. The van der Waals surface area contributed by atoms with Crippen LogP contribution >= 0.6 is 0 Å². The van der Waals surface area contributed by atoms with Crippen molar-refractivity contribution in [1.29, 1.82) is 0 Å². The Morgan fingerprint density at radius 3 is 2.19 bits per heavy atom. The molecule has 1 aliphatic rings. The van der Waals surface area contributed by atoms with E-state index in [1.54, 1.807) is 36.5 Å². The predicted molar refractivity (Wildman–Crippen MR) is 98.5 cm³/mol. The summed E-state index contributed by atoms with van der Waals surface area (Å²) in [5.41, 5.74) is 7.10. The first-order valence-corrected chi connectivity index (χ1v) is 8.80. The third-order valence-corrected chi connectivity index (χ3v) is 4.89. The standard InChI is InChI=1S/C20H24N4O2/c1-13(2)18-22-10-14(11-23-18)12-24(3)19(26)20(8-9-20)16-6-4-15(5-7-16)17(21)25/h4-7,10-11,13H,8-9,12H2,1-3H3,(H2,21,25). The summed E-state index contributed by atoms with van der Waals surface area (Å²) < 4.78 is 0. The summed E-state index contributed by atoms with van der Waals surface area (Å²) in [5.74, 6) is 0.699. The Hall–Kier alpha value is -2.76. The van der Waals surface area contributed by atoms with Crippen molar-refractivity contribution < 1.29 is 9.59 Å². The highest BCUT2D eigenvalue weighted by Gasteiger charge is 2.52. The number of likely N-dealkylation sites (N-methyl/N-ethyl adjacent to an activating group) is 1. The van der Waals surface area contributed by atoms with Gasteiger partial charge in [-0.05, 0) is 30.5 Å². The summed E-state index contributed by atoms with van der Waals surface area (Å²) >= 11 is 0. The lowest BCUT2D eigenvalue weighted by Crippen LogP contribution is -2.36. The average molecular weight is 352 g/mol. The molecule has 6 heteroatoms. The maximum Gasteiger partial charge on any atom is 0.248 e. The van der Waals surface area contributed by atoms with Gasteiger partial charge in [0.25, 0.3) is 0 Å². The minimum atomic E-state index is -0.482. The Balaban J connectivity index is 1.72. The van der Waals surface area contributed by atoms with Gasteiger partial charge in [0.15, 0.2) is 0 Å². The highest BCUT2D eigenvalue weighted by Crippen LogP contribution is 2.49. The number of nitrogens with two attached hydrogens (primary N) is 1. The summed E-state index contributed by atoms with van der Waals surface area (Å²) in [6, 6.07) is 7.03. The monoisotopic (exact) mass is 352 g/mol. The number of hydrogen-bond acceptors (Lipinski definition) is 4. The highest BCUT2D eigenvalue weighted by atomic mass is 16.2. The van der Waals surface area contributed by atoms with E-state index in [0.717, 1.165) is 29.8 Å². The van der Waals surface area contributed by atoms with Crippen LogP contribution in [-0.4, -0.2) is 33.7 Å². The zero-order valence-corrected chi connectivity index (χ0v) is 15.4. The van der Waals surface area contributed by atoms with Crippen molar-refractivity contribution in [2.45, 2.75) is 44.6 Å². The van der Waals surface area contributed by atoms with E-state index in [4.69, 9.17) is 5.73 Å². The first-order valence-electron chi connectivity index (χ1n) is 8.80. The molecule has 1 aliphatic carbocycles. The van der Waals surface area contributed by atoms with E-state index in [1.807, 2.05) is 26.0 Å². The molecule has 0 aliphatic heterocycles. The lowest BCUT2D eigenvalue weighted by atomic mass is 9.93. The van der Waals surface area contributed by atoms with Crippen molar-refractivity contribution in [1.82, 2.24) is 14.9 Å². The highest BCUT2D eigenvalue weighted by molar-refractivity contribution is 5.94. The van der Waals surface area contributed by atoms with Gasteiger partial charge in [0.05, 0.1) is 5.41 Å². The minimum absolute atomic E-state index is 0.0808. The molecular formula is C20H24N4O2. The molecule has 136 valence electrons. The van der Waals surface area contributed by atoms with Crippen LogP contribution in [0.15, 0.2) is 36.7 Å². The van der Waals surface area contributed by atoms with Crippen molar-refractivity contribution in [2.75, 3.05) is 7.05 Å². The molecule has 26 heavy (non-hydrogen) atoms. The zero-order valence-electron chi connectivity index (χ0n) is 15.4. The van der Waals surface area contributed by atoms with Crippen LogP contribution in [0.25, 0.3) is 0 Å². The van der Waals surface area contributed by atoms with Crippen LogP contribution in [0.3, 0.4) is 0 Å². The fourth-order valence-corrected chi connectivity index (χ4v) is 3.16. The fraction of sp³-hybridized carbons (Fsp3) is 0.400. The van der Waals surface area contributed by atoms with E-state index in [0.29, 0.717) is 12.1 Å². The molecule has 6 nitrogen and oxygen atoms in total. The van der Waals surface area contributed by atoms with Gasteiger partial charge in [-0.2, -0.15) is 0 Å². The number of carbonyl (C=O) groups is 2. The topological polar surface area (TPSA) is 89.2 Å². The maximum atomic E-state index is 13.0. The number of hydrogen-bond donors (Lipinski definition) is 1. The maximum absolute atomic E-state index is 13.0. The molecule has 0 spiro atoms. The third kappa shape index (κ3) is 3.45. The van der Waals surface area contributed by atoms with E-state index in [9.17, 15) is 9.59 Å². The van der Waals surface area contributed by atoms with Crippen LogP contribution < -0.4 is 5.73 Å². The summed E-state index contributed by atoms with van der Waals surface area (Å²) in [5, 5.41) is 0. The average Bonchev–Trinajstić information content (AvgIpc) is 3.43. The predicted octanol–water partition coefficient (Wildman–Crippen LogP) is 2.39. The van der Waals surface area contributed by atoms with Gasteiger partial charge in [0.1, 0.15) is 5.82 Å². The Bertz CT molecular complexity index is 809. The third-order valence-electron chi connectivity index (χ3n) is 4.89. The van der Waals surface area contributed by atoms with Crippen LogP contribution in [0.2, 0.25) is 0 Å². The van der Waals surface area contributed by atoms with Crippen LogP contribution in [0.1, 0.15) is 59.9 Å². The fourth-order valence-electron chi connectivity index (χ4n) is 3.16. The number of carbonyl (C=O) groups excluding carboxylic acids is 2. The number of benzene rings is 1. The van der Waals surface area contributed by atoms with Crippen molar-refractivity contribution >= 4 is 11.8 Å². The lowest BCUT2D eigenvalue weighted by molar-refractivity contribution is -0.133. The first-order chi connectivity index (χ1) is 12.3. The van der Waals surface area contributed by atoms with Crippen molar-refractivity contribution in [3.05, 3.63) is 59.2 Å². The molecule has 1 fully saturated rings. The molecule has 2 N–H and O–H groups in total. The minimum Gasteiger partial charge on any atom is -0.366 e. The smallest absolute Gasteiger partial charge is 0.248 e. The molecular weight excluding hydrogens is 328 g/mol. The molecule has 2 aromatic rings. The normalized spacial score (nSPS) is 14.9. The first kappa shape index (κ1) is 18.0. The molecule has 1 aromatic carbocycles. The van der Waals surface area contributed by atoms with E-state index < -0.39 is 11.3 Å². The van der Waals surface area contributed by atoms with Crippen LogP contribution in [0.5, 0.6) is 0 Å². The van der Waals surface area contributed by atoms with Gasteiger partial charge < -0.3 is 10.6 Å². The Morgan fingerprint density at radius 1 is 1.15 bits per heavy atom. The summed E-state index contributed by atoms with van der Waals surface area (Å²) in [6.45, 7) is 4.56. The van der Waals surface area contributed by atoms with Gasteiger partial charge in [0.2, 0.25) is 11.8 Å². The van der Waals surface area contributed by atoms with Crippen molar-refractivity contribution in [2.24, 2.45) is 5.73 Å². The number of amides is 2. The van der Waals surface area contributed by atoms with E-state index in [2.05, 4.69) is 9.97 Å². The molecule has 0 bridgehead atoms. The van der Waals surface area contributed by atoms with E-state index in [-0.39, 0.29) is 11.8 Å². The molecule has 3 rings (SSSR count). The summed E-state index contributed by atoms with van der Waals surface area (Å²) in [7, 11) is 1.80. The Kier molecular flexibility index (Phi) is 4.76. The molecule has 0 saturated heterocycles. The van der Waals surface area contributed by atoms with Gasteiger partial charge in [-0.25, -0.2) is 9.97 Å². The molecule has 0 atom stereocenters. The molecule has 1 saturated carbocycles.